The maximum absolute atomic E-state index is 12.9. The van der Waals surface area contributed by atoms with Crippen LogP contribution in [0.4, 0.5) is 16.2 Å². The van der Waals surface area contributed by atoms with Gasteiger partial charge in [-0.2, -0.15) is 5.10 Å². The summed E-state index contributed by atoms with van der Waals surface area (Å²) in [4.78, 5) is 41.3. The van der Waals surface area contributed by atoms with Crippen LogP contribution in [0.1, 0.15) is 25.8 Å². The molecular formula is C29H27Cl2N5O4. The maximum atomic E-state index is 12.9. The van der Waals surface area contributed by atoms with Crippen molar-refractivity contribution in [3.63, 3.8) is 0 Å². The van der Waals surface area contributed by atoms with E-state index in [0.29, 0.717) is 31.7 Å². The van der Waals surface area contributed by atoms with Crippen molar-refractivity contribution in [1.82, 2.24) is 14.8 Å². The number of hydrogen-bond donors (Lipinski definition) is 2. The lowest BCUT2D eigenvalue weighted by molar-refractivity contribution is -0.143. The number of anilines is 2. The van der Waals surface area contributed by atoms with Gasteiger partial charge in [0, 0.05) is 30.9 Å². The Morgan fingerprint density at radius 1 is 0.925 bits per heavy atom. The van der Waals surface area contributed by atoms with E-state index < -0.39 is 11.6 Å². The summed E-state index contributed by atoms with van der Waals surface area (Å²) in [6.07, 6.45) is 3.58. The average Bonchev–Trinajstić information content (AvgIpc) is 2.95. The third kappa shape index (κ3) is 7.05. The molecule has 0 bridgehead atoms. The smallest absolute Gasteiger partial charge is 0.323 e. The maximum Gasteiger partial charge on any atom is 0.323 e. The van der Waals surface area contributed by atoms with Crippen LogP contribution in [-0.2, 0) is 22.5 Å². The molecule has 0 aliphatic carbocycles. The summed E-state index contributed by atoms with van der Waals surface area (Å²) < 4.78 is 6.31. The summed E-state index contributed by atoms with van der Waals surface area (Å²) in [5.74, 6) is -0.225. The summed E-state index contributed by atoms with van der Waals surface area (Å²) in [6.45, 7) is 4.24. The second-order valence-electron chi connectivity index (χ2n) is 8.71. The van der Waals surface area contributed by atoms with Crippen molar-refractivity contribution in [2.24, 2.45) is 0 Å². The molecule has 206 valence electrons. The monoisotopic (exact) mass is 579 g/mol. The Labute approximate surface area is 241 Å². The van der Waals surface area contributed by atoms with Gasteiger partial charge in [0.05, 0.1) is 28.0 Å². The van der Waals surface area contributed by atoms with Gasteiger partial charge in [-0.25, -0.2) is 9.48 Å². The number of rotatable bonds is 9. The Morgan fingerprint density at radius 3 is 2.30 bits per heavy atom. The van der Waals surface area contributed by atoms with E-state index >= 15 is 0 Å². The van der Waals surface area contributed by atoms with E-state index in [1.165, 1.54) is 23.1 Å². The highest BCUT2D eigenvalue weighted by molar-refractivity contribution is 6.39. The first-order chi connectivity index (χ1) is 19.3. The molecule has 0 spiro atoms. The lowest BCUT2D eigenvalue weighted by atomic mass is 9.98. The Balaban J connectivity index is 1.60. The van der Waals surface area contributed by atoms with Crippen molar-refractivity contribution < 1.29 is 14.3 Å². The number of ether oxygens (including phenoxy) is 1. The molecule has 2 heterocycles. The van der Waals surface area contributed by atoms with Gasteiger partial charge in [-0.3, -0.25) is 14.6 Å². The van der Waals surface area contributed by atoms with E-state index in [1.807, 2.05) is 48.5 Å². The fourth-order valence-electron chi connectivity index (χ4n) is 4.03. The number of pyridine rings is 1. The quantitative estimate of drug-likeness (QED) is 0.220. The van der Waals surface area contributed by atoms with Crippen molar-refractivity contribution in [2.75, 3.05) is 17.2 Å². The van der Waals surface area contributed by atoms with Gasteiger partial charge in [0.25, 0.3) is 5.56 Å². The molecule has 4 rings (SSSR count). The van der Waals surface area contributed by atoms with Crippen LogP contribution in [0.2, 0.25) is 10.0 Å². The number of esters is 1. The van der Waals surface area contributed by atoms with Crippen molar-refractivity contribution in [1.29, 1.82) is 0 Å². The molecule has 0 radical (unpaired) electrons. The number of carbonyl (C=O) groups excluding carboxylic acids is 2. The Morgan fingerprint density at radius 2 is 1.60 bits per heavy atom. The zero-order chi connectivity index (χ0) is 28.6. The predicted octanol–water partition coefficient (Wildman–Crippen LogP) is 6.44. The van der Waals surface area contributed by atoms with Crippen LogP contribution in [0.5, 0.6) is 0 Å². The zero-order valence-corrected chi connectivity index (χ0v) is 23.4. The van der Waals surface area contributed by atoms with Crippen LogP contribution in [0.25, 0.3) is 22.4 Å². The first-order valence-corrected chi connectivity index (χ1v) is 13.4. The van der Waals surface area contributed by atoms with Crippen LogP contribution in [-0.4, -0.2) is 33.4 Å². The predicted molar refractivity (Wildman–Crippen MR) is 157 cm³/mol. The van der Waals surface area contributed by atoms with Crippen LogP contribution in [0.3, 0.4) is 0 Å². The van der Waals surface area contributed by atoms with Gasteiger partial charge in [-0.05, 0) is 49.1 Å². The van der Waals surface area contributed by atoms with E-state index in [1.54, 1.807) is 13.8 Å². The van der Waals surface area contributed by atoms with E-state index in [0.717, 1.165) is 22.3 Å². The standard InChI is InChI=1S/C29H27Cl2N5O4/c1-3-36-28(38)25(33-29(39)34-27-22(30)16-32-17-23(27)31)15-24(35-36)21-10-6-9-20(14-21)19-8-5-7-18(13-19)11-12-26(37)40-4-2/h5-10,13-17H,3-4,11-12H2,1-2H3,(H2,32,33,34,39). The van der Waals surface area contributed by atoms with E-state index in [-0.39, 0.29) is 27.4 Å². The van der Waals surface area contributed by atoms with Gasteiger partial charge in [0.1, 0.15) is 5.69 Å². The van der Waals surface area contributed by atoms with Gasteiger partial charge in [-0.15, -0.1) is 0 Å². The number of nitrogens with one attached hydrogen (secondary N) is 2. The number of aromatic nitrogens is 3. The normalized spacial score (nSPS) is 10.7. The second kappa shape index (κ2) is 13.2. The summed E-state index contributed by atoms with van der Waals surface area (Å²) in [5.41, 5.74) is 3.92. The van der Waals surface area contributed by atoms with Crippen LogP contribution < -0.4 is 16.2 Å². The van der Waals surface area contributed by atoms with E-state index in [2.05, 4.69) is 20.7 Å². The summed E-state index contributed by atoms with van der Waals surface area (Å²) in [6, 6.07) is 16.5. The van der Waals surface area contributed by atoms with Crippen molar-refractivity contribution in [3.8, 4) is 22.4 Å². The summed E-state index contributed by atoms with van der Waals surface area (Å²) in [5, 5.41) is 9.95. The zero-order valence-electron chi connectivity index (χ0n) is 21.9. The number of amides is 2. The molecule has 0 aliphatic rings. The largest absolute Gasteiger partial charge is 0.466 e. The Hall–Kier alpha value is -4.21. The van der Waals surface area contributed by atoms with Crippen molar-refractivity contribution in [3.05, 3.63) is 93.0 Å². The van der Waals surface area contributed by atoms with Crippen LogP contribution >= 0.6 is 23.2 Å². The SMILES string of the molecule is CCOC(=O)CCc1cccc(-c2cccc(-c3cc(NC(=O)Nc4c(Cl)cncc4Cl)c(=O)n(CC)n3)c2)c1. The number of carbonyl (C=O) groups is 2. The molecule has 40 heavy (non-hydrogen) atoms. The first kappa shape index (κ1) is 28.8. The first-order valence-electron chi connectivity index (χ1n) is 12.6. The number of benzene rings is 2. The molecule has 2 aromatic heterocycles. The molecular weight excluding hydrogens is 553 g/mol. The van der Waals surface area contributed by atoms with Crippen molar-refractivity contribution >= 4 is 46.6 Å². The number of urea groups is 1. The molecule has 0 saturated heterocycles. The number of nitrogens with zero attached hydrogens (tertiary/aromatic N) is 3. The molecule has 0 fully saturated rings. The highest BCUT2D eigenvalue weighted by Crippen LogP contribution is 2.29. The van der Waals surface area contributed by atoms with Gasteiger partial charge in [-0.1, -0.05) is 65.7 Å². The van der Waals surface area contributed by atoms with Gasteiger partial charge < -0.3 is 15.4 Å². The molecule has 0 atom stereocenters. The highest BCUT2D eigenvalue weighted by atomic mass is 35.5. The number of halogens is 2. The van der Waals surface area contributed by atoms with Crippen molar-refractivity contribution in [2.45, 2.75) is 33.2 Å². The molecule has 2 aromatic carbocycles. The Bertz CT molecular complexity index is 1590. The molecule has 11 heteroatoms. The molecule has 0 aliphatic heterocycles. The lowest BCUT2D eigenvalue weighted by Crippen LogP contribution is -2.29. The summed E-state index contributed by atoms with van der Waals surface area (Å²) >= 11 is 12.2. The molecule has 0 saturated carbocycles. The summed E-state index contributed by atoms with van der Waals surface area (Å²) in [7, 11) is 0. The molecule has 0 unspecified atom stereocenters. The lowest BCUT2D eigenvalue weighted by Gasteiger charge is -2.13. The molecule has 2 amide bonds. The van der Waals surface area contributed by atoms with E-state index in [4.69, 9.17) is 27.9 Å². The van der Waals surface area contributed by atoms with Gasteiger partial charge in [0.2, 0.25) is 0 Å². The van der Waals surface area contributed by atoms with Gasteiger partial charge in [0.15, 0.2) is 0 Å². The fourth-order valence-corrected chi connectivity index (χ4v) is 4.49. The van der Waals surface area contributed by atoms with E-state index in [9.17, 15) is 14.4 Å². The van der Waals surface area contributed by atoms with Gasteiger partial charge >= 0.3 is 12.0 Å². The minimum Gasteiger partial charge on any atom is -0.466 e. The number of aryl methyl sites for hydroxylation is 2. The average molecular weight is 580 g/mol. The minimum absolute atomic E-state index is 0.0389. The topological polar surface area (TPSA) is 115 Å². The third-order valence-corrected chi connectivity index (χ3v) is 6.53. The molecule has 2 N–H and O–H groups in total. The third-order valence-electron chi connectivity index (χ3n) is 5.96. The number of hydrogen-bond acceptors (Lipinski definition) is 6. The second-order valence-corrected chi connectivity index (χ2v) is 9.52. The van der Waals surface area contributed by atoms with Crippen LogP contribution in [0, 0.1) is 0 Å². The fraction of sp³-hybridized carbons (Fsp3) is 0.207. The highest BCUT2D eigenvalue weighted by Gasteiger charge is 2.15. The Kier molecular flexibility index (Phi) is 9.52. The molecule has 9 nitrogen and oxygen atoms in total. The molecule has 4 aromatic rings. The minimum atomic E-state index is -0.694. The van der Waals surface area contributed by atoms with Crippen LogP contribution in [0.15, 0.2) is 71.8 Å².